The molecular weight excluding hydrogens is 364 g/mol. The Morgan fingerprint density at radius 2 is 2.15 bits per heavy atom. The molecule has 3 rings (SSSR count). The van der Waals surface area contributed by atoms with Crippen molar-refractivity contribution < 1.29 is 9.84 Å². The van der Waals surface area contributed by atoms with Crippen LogP contribution in [0.4, 0.5) is 5.82 Å². The maximum atomic E-state index is 10.4. The van der Waals surface area contributed by atoms with Gasteiger partial charge in [0.05, 0.1) is 16.8 Å². The predicted octanol–water partition coefficient (Wildman–Crippen LogP) is 3.36. The van der Waals surface area contributed by atoms with Gasteiger partial charge in [-0.25, -0.2) is 4.98 Å². The van der Waals surface area contributed by atoms with Crippen molar-refractivity contribution in [2.24, 2.45) is 0 Å². The number of rotatable bonds is 5. The molecule has 0 amide bonds. The number of phenolic OH excluding ortho intramolecular Hbond substituents is 1. The molecule has 7 heteroatoms. The van der Waals surface area contributed by atoms with E-state index in [1.807, 2.05) is 6.07 Å². The number of nitrogens with zero attached hydrogens (tertiary/aromatic N) is 2. The molecule has 1 aliphatic heterocycles. The van der Waals surface area contributed by atoms with E-state index in [1.165, 1.54) is 0 Å². The van der Waals surface area contributed by atoms with Gasteiger partial charge in [0, 0.05) is 0 Å². The molecule has 1 saturated heterocycles. The summed E-state index contributed by atoms with van der Waals surface area (Å²) in [5, 5.41) is 23.3. The SMILES string of the molecule is C=CCOc1cccc(O)c1-c1cc(C2CCNCC2)c(C#N)c(N)n1.Cl. The molecule has 2 aromatic rings. The number of halogens is 1. The van der Waals surface area contributed by atoms with E-state index in [-0.39, 0.29) is 29.9 Å². The maximum absolute atomic E-state index is 10.4. The minimum Gasteiger partial charge on any atom is -0.507 e. The number of phenols is 1. The first kappa shape index (κ1) is 20.6. The van der Waals surface area contributed by atoms with Crippen LogP contribution in [0.1, 0.15) is 29.9 Å². The van der Waals surface area contributed by atoms with Crippen molar-refractivity contribution in [3.63, 3.8) is 0 Å². The number of aromatic hydroxyl groups is 1. The molecule has 2 heterocycles. The summed E-state index contributed by atoms with van der Waals surface area (Å²) in [5.41, 5.74) is 8.37. The number of aromatic nitrogens is 1. The van der Waals surface area contributed by atoms with Gasteiger partial charge in [-0.3, -0.25) is 0 Å². The summed E-state index contributed by atoms with van der Waals surface area (Å²) in [7, 11) is 0. The molecule has 0 saturated carbocycles. The predicted molar refractivity (Wildman–Crippen MR) is 108 cm³/mol. The zero-order valence-corrected chi connectivity index (χ0v) is 15.8. The highest BCUT2D eigenvalue weighted by molar-refractivity contribution is 5.85. The van der Waals surface area contributed by atoms with Crippen molar-refractivity contribution in [3.8, 4) is 28.8 Å². The number of nitriles is 1. The van der Waals surface area contributed by atoms with Crippen molar-refractivity contribution in [1.29, 1.82) is 5.26 Å². The summed E-state index contributed by atoms with van der Waals surface area (Å²) in [6.07, 6.45) is 3.49. The van der Waals surface area contributed by atoms with Crippen LogP contribution in [0, 0.1) is 11.3 Å². The fraction of sp³-hybridized carbons (Fsp3) is 0.300. The number of benzene rings is 1. The molecule has 6 nitrogen and oxygen atoms in total. The van der Waals surface area contributed by atoms with Gasteiger partial charge in [-0.2, -0.15) is 5.26 Å². The van der Waals surface area contributed by atoms with E-state index >= 15 is 0 Å². The van der Waals surface area contributed by atoms with Crippen molar-refractivity contribution in [3.05, 3.63) is 48.0 Å². The number of piperidine rings is 1. The van der Waals surface area contributed by atoms with Crippen molar-refractivity contribution in [1.82, 2.24) is 10.3 Å². The topological polar surface area (TPSA) is 104 Å². The number of anilines is 1. The van der Waals surface area contributed by atoms with E-state index in [9.17, 15) is 10.4 Å². The highest BCUT2D eigenvalue weighted by Gasteiger charge is 2.23. The van der Waals surface area contributed by atoms with Crippen LogP contribution in [0.5, 0.6) is 11.5 Å². The zero-order chi connectivity index (χ0) is 18.5. The number of nitrogens with two attached hydrogens (primary N) is 1. The third-order valence-electron chi connectivity index (χ3n) is 4.59. The van der Waals surface area contributed by atoms with Crippen LogP contribution in [-0.2, 0) is 0 Å². The number of nitrogens with one attached hydrogen (secondary N) is 1. The second kappa shape index (κ2) is 9.26. The average molecular weight is 387 g/mol. The molecule has 1 fully saturated rings. The Bertz CT molecular complexity index is 858. The normalized spacial score (nSPS) is 14.0. The van der Waals surface area contributed by atoms with Gasteiger partial charge in [-0.05, 0) is 55.6 Å². The van der Waals surface area contributed by atoms with Gasteiger partial charge < -0.3 is 20.9 Å². The van der Waals surface area contributed by atoms with E-state index in [0.717, 1.165) is 31.5 Å². The number of nitrogen functional groups attached to an aromatic ring is 1. The molecule has 0 spiro atoms. The first-order chi connectivity index (χ1) is 12.7. The van der Waals surface area contributed by atoms with Gasteiger partial charge in [0.15, 0.2) is 0 Å². The molecule has 1 aromatic carbocycles. The molecule has 27 heavy (non-hydrogen) atoms. The van der Waals surface area contributed by atoms with Gasteiger partial charge in [-0.15, -0.1) is 12.4 Å². The van der Waals surface area contributed by atoms with Gasteiger partial charge in [0.2, 0.25) is 0 Å². The highest BCUT2D eigenvalue weighted by atomic mass is 35.5. The zero-order valence-electron chi connectivity index (χ0n) is 14.9. The summed E-state index contributed by atoms with van der Waals surface area (Å²) >= 11 is 0. The Morgan fingerprint density at radius 1 is 1.41 bits per heavy atom. The van der Waals surface area contributed by atoms with Crippen molar-refractivity contribution >= 4 is 18.2 Å². The number of pyridine rings is 1. The molecule has 4 N–H and O–H groups in total. The van der Waals surface area contributed by atoms with Gasteiger partial charge in [0.1, 0.15) is 30.0 Å². The quantitative estimate of drug-likeness (QED) is 0.680. The lowest BCUT2D eigenvalue weighted by Gasteiger charge is -2.25. The van der Waals surface area contributed by atoms with Crippen molar-refractivity contribution in [2.75, 3.05) is 25.4 Å². The Labute approximate surface area is 165 Å². The molecule has 1 aromatic heterocycles. The third-order valence-corrected chi connectivity index (χ3v) is 4.59. The van der Waals surface area contributed by atoms with E-state index in [0.29, 0.717) is 29.2 Å². The fourth-order valence-corrected chi connectivity index (χ4v) is 3.34. The summed E-state index contributed by atoms with van der Waals surface area (Å²) < 4.78 is 5.67. The minimum absolute atomic E-state index is 0. The van der Waals surface area contributed by atoms with Gasteiger partial charge in [0.25, 0.3) is 0 Å². The lowest BCUT2D eigenvalue weighted by molar-refractivity contribution is 0.361. The smallest absolute Gasteiger partial charge is 0.142 e. The number of hydrogen-bond donors (Lipinski definition) is 3. The van der Waals surface area contributed by atoms with E-state index in [1.54, 1.807) is 24.3 Å². The van der Waals surface area contributed by atoms with E-state index in [2.05, 4.69) is 22.9 Å². The molecule has 1 aliphatic rings. The van der Waals surface area contributed by atoms with Crippen LogP contribution in [0.15, 0.2) is 36.9 Å². The Balaban J connectivity index is 0.00000261. The lowest BCUT2D eigenvalue weighted by Crippen LogP contribution is -2.27. The second-order valence-corrected chi connectivity index (χ2v) is 6.24. The number of ether oxygens (including phenoxy) is 1. The van der Waals surface area contributed by atoms with Crippen LogP contribution in [0.2, 0.25) is 0 Å². The van der Waals surface area contributed by atoms with Crippen LogP contribution in [0.25, 0.3) is 11.3 Å². The van der Waals surface area contributed by atoms with Gasteiger partial charge >= 0.3 is 0 Å². The molecule has 0 radical (unpaired) electrons. The standard InChI is InChI=1S/C20H22N4O2.ClH/c1-2-10-26-18-5-3-4-17(25)19(18)16-11-14(13-6-8-23-9-7-13)15(12-21)20(22)24-16;/h2-5,11,13,23,25H,1,6-10H2,(H2,22,24);1H. The maximum Gasteiger partial charge on any atom is 0.142 e. The minimum atomic E-state index is 0. The Morgan fingerprint density at radius 3 is 2.81 bits per heavy atom. The van der Waals surface area contributed by atoms with Crippen LogP contribution in [0.3, 0.4) is 0 Å². The molecule has 0 unspecified atom stereocenters. The molecule has 0 atom stereocenters. The second-order valence-electron chi connectivity index (χ2n) is 6.24. The summed E-state index contributed by atoms with van der Waals surface area (Å²) in [6, 6.07) is 9.10. The summed E-state index contributed by atoms with van der Waals surface area (Å²) in [6.45, 7) is 5.76. The third kappa shape index (κ3) is 4.33. The highest BCUT2D eigenvalue weighted by Crippen LogP contribution is 2.40. The monoisotopic (exact) mass is 386 g/mol. The van der Waals surface area contributed by atoms with E-state index in [4.69, 9.17) is 10.5 Å². The molecular formula is C20H23ClN4O2. The summed E-state index contributed by atoms with van der Waals surface area (Å²) in [4.78, 5) is 4.37. The Kier molecular flexibility index (Phi) is 7.05. The largest absolute Gasteiger partial charge is 0.507 e. The Hall–Kier alpha value is -2.75. The van der Waals surface area contributed by atoms with Crippen LogP contribution >= 0.6 is 12.4 Å². The van der Waals surface area contributed by atoms with Gasteiger partial charge in [-0.1, -0.05) is 18.7 Å². The number of hydrogen-bond acceptors (Lipinski definition) is 6. The first-order valence-electron chi connectivity index (χ1n) is 8.63. The average Bonchev–Trinajstić information content (AvgIpc) is 2.66. The summed E-state index contributed by atoms with van der Waals surface area (Å²) in [5.74, 6) is 0.965. The molecule has 0 aliphatic carbocycles. The van der Waals surface area contributed by atoms with Crippen LogP contribution < -0.4 is 15.8 Å². The first-order valence-corrected chi connectivity index (χ1v) is 8.63. The van der Waals surface area contributed by atoms with E-state index < -0.39 is 0 Å². The lowest BCUT2D eigenvalue weighted by atomic mass is 9.86. The van der Waals surface area contributed by atoms with Crippen molar-refractivity contribution in [2.45, 2.75) is 18.8 Å². The fourth-order valence-electron chi connectivity index (χ4n) is 3.34. The van der Waals surface area contributed by atoms with Crippen LogP contribution in [-0.4, -0.2) is 29.8 Å². The molecule has 142 valence electrons. The molecule has 0 bridgehead atoms.